The molecule has 0 radical (unpaired) electrons. The highest BCUT2D eigenvalue weighted by atomic mass is 19.1. The van der Waals surface area contributed by atoms with E-state index in [0.29, 0.717) is 11.3 Å². The van der Waals surface area contributed by atoms with Gasteiger partial charge in [-0.05, 0) is 31.5 Å². The SMILES string of the molecule is Cc1ccc(F)cc1Oc1ncc(C(=O)O)cc1C. The minimum Gasteiger partial charge on any atom is -0.478 e. The van der Waals surface area contributed by atoms with E-state index in [-0.39, 0.29) is 11.4 Å². The molecule has 4 nitrogen and oxygen atoms in total. The standard InChI is InChI=1S/C14H12FNO3/c1-8-3-4-11(15)6-12(8)19-13-9(2)5-10(7-16-13)14(17)18/h3-7H,1-2H3,(H,17,18). The highest BCUT2D eigenvalue weighted by Crippen LogP contribution is 2.26. The predicted molar refractivity (Wildman–Crippen MR) is 67.1 cm³/mol. The summed E-state index contributed by atoms with van der Waals surface area (Å²) in [6, 6.07) is 5.67. The number of carboxylic acids is 1. The van der Waals surface area contributed by atoms with Crippen molar-refractivity contribution in [1.82, 2.24) is 4.98 Å². The number of benzene rings is 1. The van der Waals surface area contributed by atoms with E-state index in [1.165, 1.54) is 24.4 Å². The third-order valence-electron chi connectivity index (χ3n) is 2.63. The van der Waals surface area contributed by atoms with Crippen LogP contribution < -0.4 is 4.74 Å². The Morgan fingerprint density at radius 1 is 1.26 bits per heavy atom. The maximum absolute atomic E-state index is 13.1. The van der Waals surface area contributed by atoms with Gasteiger partial charge in [-0.2, -0.15) is 0 Å². The largest absolute Gasteiger partial charge is 0.478 e. The van der Waals surface area contributed by atoms with Gasteiger partial charge < -0.3 is 9.84 Å². The van der Waals surface area contributed by atoms with Crippen molar-refractivity contribution in [2.24, 2.45) is 0 Å². The lowest BCUT2D eigenvalue weighted by Crippen LogP contribution is -2.00. The number of hydrogen-bond acceptors (Lipinski definition) is 3. The lowest BCUT2D eigenvalue weighted by atomic mass is 10.2. The van der Waals surface area contributed by atoms with E-state index in [4.69, 9.17) is 9.84 Å². The van der Waals surface area contributed by atoms with Gasteiger partial charge in [0.2, 0.25) is 5.88 Å². The second kappa shape index (κ2) is 5.06. The van der Waals surface area contributed by atoms with Crippen molar-refractivity contribution in [1.29, 1.82) is 0 Å². The molecule has 1 aromatic heterocycles. The van der Waals surface area contributed by atoms with Crippen LogP contribution in [0.1, 0.15) is 21.5 Å². The highest BCUT2D eigenvalue weighted by Gasteiger charge is 2.10. The van der Waals surface area contributed by atoms with Gasteiger partial charge in [0.05, 0.1) is 5.56 Å². The summed E-state index contributed by atoms with van der Waals surface area (Å²) < 4.78 is 18.7. The van der Waals surface area contributed by atoms with Crippen LogP contribution in [0.2, 0.25) is 0 Å². The van der Waals surface area contributed by atoms with Gasteiger partial charge in [0.15, 0.2) is 0 Å². The Bertz CT molecular complexity index is 641. The molecule has 0 saturated carbocycles. The molecule has 0 saturated heterocycles. The van der Waals surface area contributed by atoms with Crippen LogP contribution in [-0.4, -0.2) is 16.1 Å². The van der Waals surface area contributed by atoms with E-state index in [1.54, 1.807) is 19.9 Å². The number of ether oxygens (including phenoxy) is 1. The predicted octanol–water partition coefficient (Wildman–Crippen LogP) is 3.33. The molecule has 2 aromatic rings. The Hall–Kier alpha value is -2.43. The minimum atomic E-state index is -1.05. The normalized spacial score (nSPS) is 10.3. The van der Waals surface area contributed by atoms with E-state index in [2.05, 4.69) is 4.98 Å². The van der Waals surface area contributed by atoms with Crippen molar-refractivity contribution < 1.29 is 19.0 Å². The monoisotopic (exact) mass is 261 g/mol. The third kappa shape index (κ3) is 2.88. The third-order valence-corrected chi connectivity index (χ3v) is 2.63. The molecule has 0 atom stereocenters. The number of aromatic carboxylic acids is 1. The van der Waals surface area contributed by atoms with Gasteiger partial charge in [-0.25, -0.2) is 14.2 Å². The van der Waals surface area contributed by atoms with Crippen molar-refractivity contribution in [3.63, 3.8) is 0 Å². The van der Waals surface area contributed by atoms with Gasteiger partial charge in [0.1, 0.15) is 11.6 Å². The van der Waals surface area contributed by atoms with Crippen LogP contribution in [-0.2, 0) is 0 Å². The molecule has 0 amide bonds. The number of carbonyl (C=O) groups is 1. The molecule has 1 heterocycles. The Morgan fingerprint density at radius 3 is 2.63 bits per heavy atom. The fraction of sp³-hybridized carbons (Fsp3) is 0.143. The lowest BCUT2D eigenvalue weighted by Gasteiger charge is -2.10. The smallest absolute Gasteiger partial charge is 0.337 e. The second-order valence-corrected chi connectivity index (χ2v) is 4.16. The fourth-order valence-corrected chi connectivity index (χ4v) is 1.57. The number of carboxylic acid groups (broad SMARTS) is 1. The number of aryl methyl sites for hydroxylation is 2. The van der Waals surface area contributed by atoms with Gasteiger partial charge in [0, 0.05) is 17.8 Å². The van der Waals surface area contributed by atoms with Gasteiger partial charge in [-0.15, -0.1) is 0 Å². The average molecular weight is 261 g/mol. The molecule has 98 valence electrons. The van der Waals surface area contributed by atoms with Crippen LogP contribution in [0.15, 0.2) is 30.5 Å². The Labute approximate surface area is 109 Å². The van der Waals surface area contributed by atoms with Crippen LogP contribution >= 0.6 is 0 Å². The van der Waals surface area contributed by atoms with Crippen LogP contribution in [0.3, 0.4) is 0 Å². The Balaban J connectivity index is 2.33. The van der Waals surface area contributed by atoms with Crippen LogP contribution in [0.25, 0.3) is 0 Å². The molecule has 1 aromatic carbocycles. The summed E-state index contributed by atoms with van der Waals surface area (Å²) in [5.74, 6) is -0.832. The van der Waals surface area contributed by atoms with Crippen molar-refractivity contribution in [3.05, 3.63) is 53.0 Å². The summed E-state index contributed by atoms with van der Waals surface area (Å²) in [6.07, 6.45) is 1.21. The Morgan fingerprint density at radius 2 is 2.00 bits per heavy atom. The van der Waals surface area contributed by atoms with E-state index in [1.807, 2.05) is 0 Å². The van der Waals surface area contributed by atoms with Crippen LogP contribution in [0.5, 0.6) is 11.6 Å². The maximum atomic E-state index is 13.1. The molecule has 0 fully saturated rings. The molecule has 1 N–H and O–H groups in total. The Kier molecular flexibility index (Phi) is 3.46. The van der Waals surface area contributed by atoms with Gasteiger partial charge >= 0.3 is 5.97 Å². The summed E-state index contributed by atoms with van der Waals surface area (Å²) in [7, 11) is 0. The molecule has 0 spiro atoms. The van der Waals surface area contributed by atoms with Crippen molar-refractivity contribution >= 4 is 5.97 Å². The fourth-order valence-electron chi connectivity index (χ4n) is 1.57. The van der Waals surface area contributed by atoms with Crippen LogP contribution in [0, 0.1) is 19.7 Å². The molecule has 2 rings (SSSR count). The number of rotatable bonds is 3. The number of aromatic nitrogens is 1. The summed E-state index contributed by atoms with van der Waals surface area (Å²) in [6.45, 7) is 3.47. The molecule has 5 heteroatoms. The number of hydrogen-bond donors (Lipinski definition) is 1. The maximum Gasteiger partial charge on any atom is 0.337 e. The number of nitrogens with zero attached hydrogens (tertiary/aromatic N) is 1. The van der Waals surface area contributed by atoms with Gasteiger partial charge in [-0.1, -0.05) is 6.07 Å². The zero-order chi connectivity index (χ0) is 14.0. The van der Waals surface area contributed by atoms with E-state index in [9.17, 15) is 9.18 Å². The molecule has 19 heavy (non-hydrogen) atoms. The summed E-state index contributed by atoms with van der Waals surface area (Å²) in [5, 5.41) is 8.84. The molecular formula is C14H12FNO3. The first-order valence-electron chi connectivity index (χ1n) is 5.61. The molecule has 0 aliphatic heterocycles. The molecule has 0 bridgehead atoms. The second-order valence-electron chi connectivity index (χ2n) is 4.16. The minimum absolute atomic E-state index is 0.0841. The zero-order valence-electron chi connectivity index (χ0n) is 10.5. The summed E-state index contributed by atoms with van der Waals surface area (Å²) in [5.41, 5.74) is 1.43. The molecule has 0 unspecified atom stereocenters. The van der Waals surface area contributed by atoms with Gasteiger partial charge in [-0.3, -0.25) is 0 Å². The first kappa shape index (κ1) is 13.0. The summed E-state index contributed by atoms with van der Waals surface area (Å²) >= 11 is 0. The van der Waals surface area contributed by atoms with E-state index in [0.717, 1.165) is 5.56 Å². The van der Waals surface area contributed by atoms with Crippen molar-refractivity contribution in [3.8, 4) is 11.6 Å². The van der Waals surface area contributed by atoms with E-state index >= 15 is 0 Å². The molecule has 0 aliphatic carbocycles. The topological polar surface area (TPSA) is 59.4 Å². The molecular weight excluding hydrogens is 249 g/mol. The van der Waals surface area contributed by atoms with E-state index < -0.39 is 11.8 Å². The highest BCUT2D eigenvalue weighted by molar-refractivity contribution is 5.87. The van der Waals surface area contributed by atoms with Crippen molar-refractivity contribution in [2.75, 3.05) is 0 Å². The van der Waals surface area contributed by atoms with Crippen LogP contribution in [0.4, 0.5) is 4.39 Å². The first-order chi connectivity index (χ1) is 8.97. The first-order valence-corrected chi connectivity index (χ1v) is 5.61. The van der Waals surface area contributed by atoms with Crippen molar-refractivity contribution in [2.45, 2.75) is 13.8 Å². The average Bonchev–Trinajstić information content (AvgIpc) is 2.36. The van der Waals surface area contributed by atoms with Gasteiger partial charge in [0.25, 0.3) is 0 Å². The quantitative estimate of drug-likeness (QED) is 0.920. The lowest BCUT2D eigenvalue weighted by molar-refractivity contribution is 0.0696. The number of halogens is 1. The summed E-state index contributed by atoms with van der Waals surface area (Å²) in [4.78, 5) is 14.7. The molecule has 0 aliphatic rings. The zero-order valence-corrected chi connectivity index (χ0v) is 10.5. The number of pyridine rings is 1.